The fourth-order valence-electron chi connectivity index (χ4n) is 4.03. The summed E-state index contributed by atoms with van der Waals surface area (Å²) in [5, 5.41) is 0. The van der Waals surface area contributed by atoms with Crippen LogP contribution in [0.15, 0.2) is 30.5 Å². The number of pyridine rings is 2. The van der Waals surface area contributed by atoms with E-state index in [1.165, 1.54) is 6.07 Å². The molecule has 2 aromatic heterocycles. The standard InChI is InChI=1S/C22H24F3N3O3.ClH/c1-3-30-18-6-4-13(2)27-20(18)21(29)28-11-15-8-14(15)9-17(28)12-31-19-7-5-16(10-26-19)22(23,24)25;/h4-7,10,14-15,17H,3,8-9,11-12H2,1-2H3;1H/t14-,15+,17+;/m1./s1. The van der Waals surface area contributed by atoms with Crippen molar-refractivity contribution >= 4 is 18.3 Å². The Labute approximate surface area is 190 Å². The molecule has 2 aliphatic rings. The van der Waals surface area contributed by atoms with Crippen molar-refractivity contribution in [3.63, 3.8) is 0 Å². The number of alkyl halides is 3. The maximum absolute atomic E-state index is 13.4. The lowest BCUT2D eigenvalue weighted by atomic mass is 10.0. The van der Waals surface area contributed by atoms with Gasteiger partial charge < -0.3 is 14.4 Å². The highest BCUT2D eigenvalue weighted by Gasteiger charge is 2.48. The summed E-state index contributed by atoms with van der Waals surface area (Å²) in [6.07, 6.45) is -1.84. The fraction of sp³-hybridized carbons (Fsp3) is 0.500. The Morgan fingerprint density at radius 1 is 1.16 bits per heavy atom. The maximum Gasteiger partial charge on any atom is 0.417 e. The van der Waals surface area contributed by atoms with Gasteiger partial charge in [0.15, 0.2) is 11.4 Å². The summed E-state index contributed by atoms with van der Waals surface area (Å²) in [4.78, 5) is 23.3. The summed E-state index contributed by atoms with van der Waals surface area (Å²) in [5.41, 5.74) is 0.164. The number of fused-ring (bicyclic) bond motifs is 1. The first-order valence-corrected chi connectivity index (χ1v) is 10.3. The predicted molar refractivity (Wildman–Crippen MR) is 113 cm³/mol. The Hall–Kier alpha value is -2.55. The van der Waals surface area contributed by atoms with Crippen LogP contribution in [-0.4, -0.2) is 46.6 Å². The summed E-state index contributed by atoms with van der Waals surface area (Å²) in [7, 11) is 0. The molecule has 0 spiro atoms. The highest BCUT2D eigenvalue weighted by molar-refractivity contribution is 5.95. The van der Waals surface area contributed by atoms with Gasteiger partial charge in [-0.2, -0.15) is 13.2 Å². The summed E-state index contributed by atoms with van der Waals surface area (Å²) in [5.74, 6) is 1.35. The molecule has 0 unspecified atom stereocenters. The third kappa shape index (κ3) is 5.26. The number of halogens is 4. The normalized spacial score (nSPS) is 21.9. The molecule has 3 atom stereocenters. The van der Waals surface area contributed by atoms with Gasteiger partial charge in [-0.05, 0) is 56.7 Å². The lowest BCUT2D eigenvalue weighted by Crippen LogP contribution is -2.48. The van der Waals surface area contributed by atoms with E-state index in [2.05, 4.69) is 9.97 Å². The molecule has 0 bridgehead atoms. The Kier molecular flexibility index (Phi) is 7.17. The number of amides is 1. The monoisotopic (exact) mass is 471 g/mol. The molecule has 4 rings (SSSR count). The second-order valence-corrected chi connectivity index (χ2v) is 8.03. The summed E-state index contributed by atoms with van der Waals surface area (Å²) in [6.45, 7) is 4.85. The zero-order valence-electron chi connectivity index (χ0n) is 17.8. The van der Waals surface area contributed by atoms with Crippen LogP contribution in [0.25, 0.3) is 0 Å². The Morgan fingerprint density at radius 2 is 1.94 bits per heavy atom. The van der Waals surface area contributed by atoms with E-state index in [-0.39, 0.29) is 42.5 Å². The van der Waals surface area contributed by atoms with Gasteiger partial charge in [0, 0.05) is 24.5 Å². The minimum atomic E-state index is -4.45. The molecule has 32 heavy (non-hydrogen) atoms. The number of piperidine rings is 1. The van der Waals surface area contributed by atoms with Gasteiger partial charge in [-0.3, -0.25) is 4.79 Å². The van der Waals surface area contributed by atoms with E-state index in [4.69, 9.17) is 9.47 Å². The van der Waals surface area contributed by atoms with Gasteiger partial charge in [0.2, 0.25) is 5.88 Å². The average Bonchev–Trinajstić information content (AvgIpc) is 3.50. The van der Waals surface area contributed by atoms with Crippen molar-refractivity contribution in [3.05, 3.63) is 47.4 Å². The molecule has 6 nitrogen and oxygen atoms in total. The van der Waals surface area contributed by atoms with Crippen molar-refractivity contribution in [1.29, 1.82) is 0 Å². The first kappa shape index (κ1) is 24.1. The number of nitrogens with zero attached hydrogens (tertiary/aromatic N) is 3. The van der Waals surface area contributed by atoms with Crippen molar-refractivity contribution in [2.24, 2.45) is 11.8 Å². The molecule has 1 aliphatic heterocycles. The molecule has 174 valence electrons. The minimum absolute atomic E-state index is 0. The van der Waals surface area contributed by atoms with Gasteiger partial charge in [-0.25, -0.2) is 9.97 Å². The maximum atomic E-state index is 13.4. The lowest BCUT2D eigenvalue weighted by molar-refractivity contribution is -0.137. The van der Waals surface area contributed by atoms with Crippen LogP contribution < -0.4 is 9.47 Å². The van der Waals surface area contributed by atoms with Gasteiger partial charge in [0.1, 0.15) is 6.61 Å². The molecule has 0 aromatic carbocycles. The summed E-state index contributed by atoms with van der Waals surface area (Å²) in [6, 6.07) is 5.48. The van der Waals surface area contributed by atoms with Crippen LogP contribution in [0.4, 0.5) is 13.2 Å². The highest BCUT2D eigenvalue weighted by Crippen LogP contribution is 2.47. The molecule has 1 aliphatic carbocycles. The number of carbonyl (C=O) groups excluding carboxylic acids is 1. The van der Waals surface area contributed by atoms with Crippen LogP contribution in [0.1, 0.15) is 41.5 Å². The van der Waals surface area contributed by atoms with E-state index >= 15 is 0 Å². The first-order valence-electron chi connectivity index (χ1n) is 10.3. The Morgan fingerprint density at radius 3 is 2.59 bits per heavy atom. The molecule has 0 radical (unpaired) electrons. The second kappa shape index (κ2) is 9.52. The number of hydrogen-bond donors (Lipinski definition) is 0. The van der Waals surface area contributed by atoms with Gasteiger partial charge in [-0.1, -0.05) is 0 Å². The number of carbonyl (C=O) groups is 1. The topological polar surface area (TPSA) is 64.5 Å². The Balaban J connectivity index is 0.00000289. The van der Waals surface area contributed by atoms with Gasteiger partial charge in [0.25, 0.3) is 5.91 Å². The zero-order valence-corrected chi connectivity index (χ0v) is 18.6. The van der Waals surface area contributed by atoms with Crippen molar-refractivity contribution < 1.29 is 27.4 Å². The third-order valence-electron chi connectivity index (χ3n) is 5.76. The third-order valence-corrected chi connectivity index (χ3v) is 5.76. The molecule has 10 heteroatoms. The SMILES string of the molecule is CCOc1ccc(C)nc1C(=O)N1C[C@@H]2C[C@@H]2C[C@H]1COc1ccc(C(F)(F)F)cn1.Cl. The summed E-state index contributed by atoms with van der Waals surface area (Å²) >= 11 is 0. The van der Waals surface area contributed by atoms with Crippen molar-refractivity contribution in [2.45, 2.75) is 38.9 Å². The quantitative estimate of drug-likeness (QED) is 0.618. The van der Waals surface area contributed by atoms with Crippen LogP contribution in [0.3, 0.4) is 0 Å². The van der Waals surface area contributed by atoms with E-state index in [1.807, 2.05) is 13.8 Å². The number of rotatable bonds is 6. The van der Waals surface area contributed by atoms with E-state index in [0.717, 1.165) is 30.8 Å². The van der Waals surface area contributed by atoms with Gasteiger partial charge in [-0.15, -0.1) is 12.4 Å². The number of hydrogen-bond acceptors (Lipinski definition) is 5. The molecule has 2 aromatic rings. The molecule has 1 amide bonds. The van der Waals surface area contributed by atoms with Crippen LogP contribution in [0.2, 0.25) is 0 Å². The number of ether oxygens (including phenoxy) is 2. The van der Waals surface area contributed by atoms with Crippen LogP contribution >= 0.6 is 12.4 Å². The van der Waals surface area contributed by atoms with E-state index < -0.39 is 11.7 Å². The van der Waals surface area contributed by atoms with Crippen molar-refractivity contribution in [2.75, 3.05) is 19.8 Å². The van der Waals surface area contributed by atoms with E-state index in [0.29, 0.717) is 30.7 Å². The molecular formula is C22H25ClF3N3O3. The minimum Gasteiger partial charge on any atom is -0.491 e. The zero-order chi connectivity index (χ0) is 22.2. The van der Waals surface area contributed by atoms with Crippen molar-refractivity contribution in [1.82, 2.24) is 14.9 Å². The van der Waals surface area contributed by atoms with E-state index in [1.54, 1.807) is 17.0 Å². The van der Waals surface area contributed by atoms with Crippen LogP contribution in [-0.2, 0) is 6.18 Å². The fourth-order valence-corrected chi connectivity index (χ4v) is 4.03. The first-order chi connectivity index (χ1) is 14.8. The number of aromatic nitrogens is 2. The van der Waals surface area contributed by atoms with E-state index in [9.17, 15) is 18.0 Å². The average molecular weight is 472 g/mol. The predicted octanol–water partition coefficient (Wildman–Crippen LogP) is 4.55. The second-order valence-electron chi connectivity index (χ2n) is 8.03. The Bertz CT molecular complexity index is 956. The largest absolute Gasteiger partial charge is 0.491 e. The lowest BCUT2D eigenvalue weighted by Gasteiger charge is -2.35. The van der Waals surface area contributed by atoms with Crippen LogP contribution in [0.5, 0.6) is 11.6 Å². The number of likely N-dealkylation sites (tertiary alicyclic amines) is 1. The molecule has 2 fully saturated rings. The molecule has 3 heterocycles. The molecule has 1 saturated heterocycles. The highest BCUT2D eigenvalue weighted by atomic mass is 35.5. The molecule has 0 N–H and O–H groups in total. The van der Waals surface area contributed by atoms with Gasteiger partial charge in [0.05, 0.1) is 18.2 Å². The summed E-state index contributed by atoms with van der Waals surface area (Å²) < 4.78 is 49.4. The van der Waals surface area contributed by atoms with Crippen molar-refractivity contribution in [3.8, 4) is 11.6 Å². The smallest absolute Gasteiger partial charge is 0.417 e. The molecular weight excluding hydrogens is 447 g/mol. The molecule has 1 saturated carbocycles. The van der Waals surface area contributed by atoms with Gasteiger partial charge >= 0.3 is 6.18 Å². The van der Waals surface area contributed by atoms with Crippen LogP contribution in [0, 0.1) is 18.8 Å². The number of aryl methyl sites for hydroxylation is 1.